The number of aromatic nitrogens is 4. The highest BCUT2D eigenvalue weighted by atomic mass is 16.3. The van der Waals surface area contributed by atoms with Gasteiger partial charge in [0.25, 0.3) is 0 Å². The average molecular weight is 281 g/mol. The Hall–Kier alpha value is -2.89. The maximum atomic E-state index is 9.97. The summed E-state index contributed by atoms with van der Waals surface area (Å²) in [4.78, 5) is 8.19. The molecule has 3 aromatic rings. The fraction of sp³-hybridized carbons (Fsp3) is 0.133. The predicted octanol–water partition coefficient (Wildman–Crippen LogP) is 2.29. The lowest BCUT2D eigenvalue weighted by molar-refractivity contribution is 0.465. The van der Waals surface area contributed by atoms with E-state index in [0.29, 0.717) is 18.1 Å². The van der Waals surface area contributed by atoms with E-state index in [-0.39, 0.29) is 0 Å². The molecule has 106 valence electrons. The molecule has 0 saturated carbocycles. The van der Waals surface area contributed by atoms with Crippen molar-refractivity contribution in [1.29, 1.82) is 0 Å². The summed E-state index contributed by atoms with van der Waals surface area (Å²) < 4.78 is 1.59. The Morgan fingerprint density at radius 2 is 2.14 bits per heavy atom. The molecule has 6 heteroatoms. The van der Waals surface area contributed by atoms with Crippen LogP contribution >= 0.6 is 0 Å². The SMILES string of the molecule is Cc1cccc(CNc2ccc(-n3cncn3)nc2)c1O. The van der Waals surface area contributed by atoms with Crippen molar-refractivity contribution in [3.8, 4) is 11.6 Å². The van der Waals surface area contributed by atoms with Gasteiger partial charge in [0.1, 0.15) is 18.4 Å². The van der Waals surface area contributed by atoms with E-state index in [1.165, 1.54) is 6.33 Å². The normalized spacial score (nSPS) is 10.5. The number of nitrogens with zero attached hydrogens (tertiary/aromatic N) is 4. The Balaban J connectivity index is 1.70. The molecule has 0 saturated heterocycles. The molecule has 0 atom stereocenters. The summed E-state index contributed by atoms with van der Waals surface area (Å²) in [6.45, 7) is 2.42. The number of nitrogens with one attached hydrogen (secondary N) is 1. The minimum absolute atomic E-state index is 0.331. The molecule has 2 heterocycles. The molecule has 21 heavy (non-hydrogen) atoms. The van der Waals surface area contributed by atoms with Gasteiger partial charge in [-0.05, 0) is 24.6 Å². The second kappa shape index (κ2) is 5.62. The van der Waals surface area contributed by atoms with E-state index >= 15 is 0 Å². The Morgan fingerprint density at radius 3 is 2.86 bits per heavy atom. The number of rotatable bonds is 4. The molecule has 0 spiro atoms. The average Bonchev–Trinajstić information content (AvgIpc) is 3.04. The lowest BCUT2D eigenvalue weighted by Crippen LogP contribution is -2.02. The summed E-state index contributed by atoms with van der Waals surface area (Å²) in [5.41, 5.74) is 2.60. The number of pyridine rings is 1. The smallest absolute Gasteiger partial charge is 0.155 e. The van der Waals surface area contributed by atoms with Crippen LogP contribution in [0.1, 0.15) is 11.1 Å². The molecule has 0 fully saturated rings. The van der Waals surface area contributed by atoms with Crippen LogP contribution in [0.4, 0.5) is 5.69 Å². The van der Waals surface area contributed by atoms with Crippen molar-refractivity contribution in [2.75, 3.05) is 5.32 Å². The van der Waals surface area contributed by atoms with E-state index in [0.717, 1.165) is 16.8 Å². The molecule has 0 aliphatic rings. The molecule has 1 aromatic carbocycles. The monoisotopic (exact) mass is 281 g/mol. The van der Waals surface area contributed by atoms with Gasteiger partial charge in [0, 0.05) is 12.1 Å². The van der Waals surface area contributed by atoms with Gasteiger partial charge < -0.3 is 10.4 Å². The highest BCUT2D eigenvalue weighted by Crippen LogP contribution is 2.22. The number of aromatic hydroxyl groups is 1. The molecule has 0 radical (unpaired) electrons. The molecular weight excluding hydrogens is 266 g/mol. The topological polar surface area (TPSA) is 75.9 Å². The van der Waals surface area contributed by atoms with Crippen molar-refractivity contribution >= 4 is 5.69 Å². The van der Waals surface area contributed by atoms with Crippen LogP contribution in [0.5, 0.6) is 5.75 Å². The second-order valence-electron chi connectivity index (χ2n) is 4.68. The number of para-hydroxylation sites is 1. The first-order valence-electron chi connectivity index (χ1n) is 6.56. The second-order valence-corrected chi connectivity index (χ2v) is 4.68. The van der Waals surface area contributed by atoms with Gasteiger partial charge in [-0.25, -0.2) is 14.6 Å². The predicted molar refractivity (Wildman–Crippen MR) is 79.3 cm³/mol. The molecule has 2 aromatic heterocycles. The number of hydrogen-bond donors (Lipinski definition) is 2. The number of benzene rings is 1. The molecule has 6 nitrogen and oxygen atoms in total. The standard InChI is InChI=1S/C15H15N5O/c1-11-3-2-4-12(15(11)21)7-17-13-5-6-14(18-8-13)20-10-16-9-19-20/h2-6,8-10,17,21H,7H2,1H3. The van der Waals surface area contributed by atoms with Gasteiger partial charge in [-0.2, -0.15) is 5.10 Å². The summed E-state index contributed by atoms with van der Waals surface area (Å²) in [6, 6.07) is 9.47. The van der Waals surface area contributed by atoms with E-state index in [1.807, 2.05) is 37.3 Å². The van der Waals surface area contributed by atoms with Crippen molar-refractivity contribution < 1.29 is 5.11 Å². The van der Waals surface area contributed by atoms with Crippen LogP contribution in [-0.4, -0.2) is 24.9 Å². The maximum Gasteiger partial charge on any atom is 0.155 e. The molecule has 0 bridgehead atoms. The number of phenolic OH excluding ortho intramolecular Hbond substituents is 1. The van der Waals surface area contributed by atoms with Crippen LogP contribution < -0.4 is 5.32 Å². The van der Waals surface area contributed by atoms with Gasteiger partial charge in [-0.1, -0.05) is 18.2 Å². The summed E-state index contributed by atoms with van der Waals surface area (Å²) in [5, 5.41) is 17.2. The molecule has 0 aliphatic heterocycles. The van der Waals surface area contributed by atoms with Crippen molar-refractivity contribution in [1.82, 2.24) is 19.7 Å². The van der Waals surface area contributed by atoms with E-state index in [1.54, 1.807) is 17.2 Å². The third-order valence-electron chi connectivity index (χ3n) is 3.21. The first-order valence-corrected chi connectivity index (χ1v) is 6.56. The Labute approximate surface area is 122 Å². The lowest BCUT2D eigenvalue weighted by Gasteiger charge is -2.10. The number of anilines is 1. The van der Waals surface area contributed by atoms with Crippen molar-refractivity contribution in [3.05, 3.63) is 60.3 Å². The van der Waals surface area contributed by atoms with E-state index in [4.69, 9.17) is 0 Å². The molecule has 0 aliphatic carbocycles. The van der Waals surface area contributed by atoms with Crippen LogP contribution in [0.2, 0.25) is 0 Å². The summed E-state index contributed by atoms with van der Waals surface area (Å²) in [7, 11) is 0. The van der Waals surface area contributed by atoms with Crippen molar-refractivity contribution in [2.24, 2.45) is 0 Å². The Bertz CT molecular complexity index is 722. The van der Waals surface area contributed by atoms with Crippen LogP contribution in [0.15, 0.2) is 49.2 Å². The third-order valence-corrected chi connectivity index (χ3v) is 3.21. The van der Waals surface area contributed by atoms with E-state index in [9.17, 15) is 5.11 Å². The van der Waals surface area contributed by atoms with Gasteiger partial charge in [0.2, 0.25) is 0 Å². The van der Waals surface area contributed by atoms with Crippen LogP contribution in [0.25, 0.3) is 5.82 Å². The summed E-state index contributed by atoms with van der Waals surface area (Å²) >= 11 is 0. The molecular formula is C15H15N5O. The molecule has 0 amide bonds. The van der Waals surface area contributed by atoms with Crippen LogP contribution in [0, 0.1) is 6.92 Å². The fourth-order valence-electron chi connectivity index (χ4n) is 2.01. The fourth-order valence-corrected chi connectivity index (χ4v) is 2.01. The zero-order chi connectivity index (χ0) is 14.7. The highest BCUT2D eigenvalue weighted by Gasteiger charge is 2.04. The van der Waals surface area contributed by atoms with Crippen molar-refractivity contribution in [2.45, 2.75) is 13.5 Å². The number of phenols is 1. The first kappa shape index (κ1) is 13.1. The van der Waals surface area contributed by atoms with E-state index in [2.05, 4.69) is 20.4 Å². The maximum absolute atomic E-state index is 9.97. The van der Waals surface area contributed by atoms with Crippen LogP contribution in [-0.2, 0) is 6.54 Å². The lowest BCUT2D eigenvalue weighted by atomic mass is 10.1. The van der Waals surface area contributed by atoms with Gasteiger partial charge in [-0.15, -0.1) is 0 Å². The molecule has 2 N–H and O–H groups in total. The first-order chi connectivity index (χ1) is 10.2. The Kier molecular flexibility index (Phi) is 3.51. The number of aryl methyl sites for hydroxylation is 1. The van der Waals surface area contributed by atoms with Gasteiger partial charge in [0.15, 0.2) is 5.82 Å². The van der Waals surface area contributed by atoms with Gasteiger partial charge in [0.05, 0.1) is 11.9 Å². The van der Waals surface area contributed by atoms with E-state index < -0.39 is 0 Å². The largest absolute Gasteiger partial charge is 0.507 e. The van der Waals surface area contributed by atoms with Crippen molar-refractivity contribution in [3.63, 3.8) is 0 Å². The molecule has 0 unspecified atom stereocenters. The molecule has 3 rings (SSSR count). The minimum Gasteiger partial charge on any atom is -0.507 e. The zero-order valence-electron chi connectivity index (χ0n) is 11.6. The number of hydrogen-bond acceptors (Lipinski definition) is 5. The summed E-state index contributed by atoms with van der Waals surface area (Å²) in [6.07, 6.45) is 4.79. The quantitative estimate of drug-likeness (QED) is 0.767. The Morgan fingerprint density at radius 1 is 1.24 bits per heavy atom. The van der Waals surface area contributed by atoms with Gasteiger partial charge >= 0.3 is 0 Å². The highest BCUT2D eigenvalue weighted by molar-refractivity contribution is 5.46. The van der Waals surface area contributed by atoms with Crippen LogP contribution in [0.3, 0.4) is 0 Å². The summed E-state index contributed by atoms with van der Waals surface area (Å²) in [5.74, 6) is 1.04. The van der Waals surface area contributed by atoms with Gasteiger partial charge in [-0.3, -0.25) is 0 Å². The minimum atomic E-state index is 0.331. The zero-order valence-corrected chi connectivity index (χ0v) is 11.6. The third kappa shape index (κ3) is 2.84.